The van der Waals surface area contributed by atoms with Gasteiger partial charge >= 0.3 is 5.82 Å². The van der Waals surface area contributed by atoms with Crippen LogP contribution in [0.1, 0.15) is 5.56 Å². The molecule has 134 valence electrons. The zero-order valence-electron chi connectivity index (χ0n) is 16.1. The van der Waals surface area contributed by atoms with E-state index in [-0.39, 0.29) is 0 Å². The minimum atomic E-state index is 0.980. The summed E-state index contributed by atoms with van der Waals surface area (Å²) in [6.07, 6.45) is 3.89. The van der Waals surface area contributed by atoms with Crippen molar-refractivity contribution in [2.24, 2.45) is 7.05 Å². The van der Waals surface area contributed by atoms with Gasteiger partial charge in [-0.25, -0.2) is 4.57 Å². The number of fused-ring (bicyclic) bond motifs is 3. The molecule has 5 rings (SSSR count). The third-order valence-electron chi connectivity index (χ3n) is 5.49. The van der Waals surface area contributed by atoms with Gasteiger partial charge in [0.2, 0.25) is 0 Å². The maximum absolute atomic E-state index is 4.60. The Bertz CT molecular complexity index is 1340. The largest absolute Gasteiger partial charge is 0.330 e. The molecule has 0 spiro atoms. The van der Waals surface area contributed by atoms with E-state index in [1.54, 1.807) is 0 Å². The van der Waals surface area contributed by atoms with Crippen LogP contribution in [0.2, 0.25) is 0 Å². The monoisotopic (exact) mass is 361 g/mol. The van der Waals surface area contributed by atoms with Crippen LogP contribution in [0.3, 0.4) is 0 Å². The lowest BCUT2D eigenvalue weighted by Gasteiger charge is -2.10. The normalized spacial score (nSPS) is 11.2. The van der Waals surface area contributed by atoms with Crippen LogP contribution in [-0.4, -0.2) is 4.98 Å². The summed E-state index contributed by atoms with van der Waals surface area (Å²) < 4.78 is 2.07. The van der Waals surface area contributed by atoms with Crippen molar-refractivity contribution in [2.45, 2.75) is 6.92 Å². The summed E-state index contributed by atoms with van der Waals surface area (Å²) in [5.74, 6) is 0.980. The summed E-state index contributed by atoms with van der Waals surface area (Å²) in [6.45, 7) is 2.14. The lowest BCUT2D eigenvalue weighted by Crippen LogP contribution is -2.31. The second-order valence-electron chi connectivity index (χ2n) is 7.31. The molecule has 0 saturated heterocycles. The van der Waals surface area contributed by atoms with E-state index in [0.717, 1.165) is 5.82 Å². The summed E-state index contributed by atoms with van der Waals surface area (Å²) >= 11 is 0. The maximum Gasteiger partial charge on any atom is 0.330 e. The van der Waals surface area contributed by atoms with Crippen LogP contribution in [0.5, 0.6) is 0 Å². The van der Waals surface area contributed by atoms with Crippen molar-refractivity contribution in [1.82, 2.24) is 4.98 Å². The van der Waals surface area contributed by atoms with Crippen LogP contribution in [0.15, 0.2) is 91.3 Å². The second kappa shape index (κ2) is 6.58. The van der Waals surface area contributed by atoms with Crippen molar-refractivity contribution in [1.29, 1.82) is 0 Å². The standard InChI is InChI=1S/C26H21N2/c1-18-8-9-21(16-24(18)26-27-14-5-15-28(26)2)22-13-12-20-11-10-19-6-3-4-7-23(19)25(20)17-22/h3-17H,1-2H3/q+1. The van der Waals surface area contributed by atoms with Crippen molar-refractivity contribution in [3.05, 3.63) is 96.8 Å². The van der Waals surface area contributed by atoms with Crippen molar-refractivity contribution in [2.75, 3.05) is 0 Å². The molecule has 5 aromatic rings. The van der Waals surface area contributed by atoms with E-state index in [4.69, 9.17) is 0 Å². The molecular formula is C26H21N2+. The summed E-state index contributed by atoms with van der Waals surface area (Å²) in [5, 5.41) is 5.13. The van der Waals surface area contributed by atoms with Gasteiger partial charge in [0, 0.05) is 6.07 Å². The molecule has 0 bridgehead atoms. The zero-order valence-corrected chi connectivity index (χ0v) is 16.1. The van der Waals surface area contributed by atoms with Gasteiger partial charge in [-0.05, 0) is 62.3 Å². The van der Waals surface area contributed by atoms with Gasteiger partial charge < -0.3 is 0 Å². The van der Waals surface area contributed by atoms with Crippen molar-refractivity contribution in [3.63, 3.8) is 0 Å². The Kier molecular flexibility index (Phi) is 3.91. The summed E-state index contributed by atoms with van der Waals surface area (Å²) in [7, 11) is 2.04. The molecule has 28 heavy (non-hydrogen) atoms. The number of nitrogens with zero attached hydrogens (tertiary/aromatic N) is 2. The Hall–Kier alpha value is -3.52. The Labute approximate surface area is 164 Å². The maximum atomic E-state index is 4.60. The predicted molar refractivity (Wildman–Crippen MR) is 116 cm³/mol. The molecule has 0 aliphatic carbocycles. The van der Waals surface area contributed by atoms with Crippen molar-refractivity contribution in [3.8, 4) is 22.5 Å². The fourth-order valence-electron chi connectivity index (χ4n) is 3.93. The number of benzene rings is 4. The third kappa shape index (κ3) is 2.74. The minimum absolute atomic E-state index is 0.980. The van der Waals surface area contributed by atoms with Crippen molar-refractivity contribution < 1.29 is 4.57 Å². The minimum Gasteiger partial charge on any atom is -0.233 e. The molecule has 0 N–H and O–H groups in total. The Morgan fingerprint density at radius 2 is 1.43 bits per heavy atom. The first-order valence-corrected chi connectivity index (χ1v) is 9.54. The summed E-state index contributed by atoms with van der Waals surface area (Å²) in [5.41, 5.74) is 4.83. The van der Waals surface area contributed by atoms with Gasteiger partial charge in [-0.2, -0.15) is 0 Å². The fraction of sp³-hybridized carbons (Fsp3) is 0.0769. The first-order chi connectivity index (χ1) is 13.7. The SMILES string of the molecule is Cc1ccc(-c2ccc3ccc4ccccc4c3c2)cc1-c1nccc[n+]1C. The molecule has 2 nitrogen and oxygen atoms in total. The molecule has 1 aromatic heterocycles. The molecule has 0 fully saturated rings. The van der Waals surface area contributed by atoms with Crippen molar-refractivity contribution >= 4 is 21.5 Å². The van der Waals surface area contributed by atoms with Gasteiger partial charge in [-0.3, -0.25) is 0 Å². The van der Waals surface area contributed by atoms with E-state index in [1.807, 2.05) is 25.5 Å². The van der Waals surface area contributed by atoms with Gasteiger partial charge in [0.25, 0.3) is 0 Å². The lowest BCUT2D eigenvalue weighted by atomic mass is 9.95. The van der Waals surface area contributed by atoms with Gasteiger partial charge in [-0.15, -0.1) is 0 Å². The lowest BCUT2D eigenvalue weighted by molar-refractivity contribution is -0.663. The Morgan fingerprint density at radius 1 is 0.714 bits per heavy atom. The number of rotatable bonds is 2. The van der Waals surface area contributed by atoms with E-state index in [1.165, 1.54) is 43.8 Å². The summed E-state index contributed by atoms with van der Waals surface area (Å²) in [4.78, 5) is 4.60. The highest BCUT2D eigenvalue weighted by Crippen LogP contribution is 2.32. The molecule has 0 amide bonds. The first kappa shape index (κ1) is 16.6. The van der Waals surface area contributed by atoms with Crippen LogP contribution in [0, 0.1) is 6.92 Å². The van der Waals surface area contributed by atoms with Gasteiger partial charge in [-0.1, -0.05) is 60.7 Å². The highest BCUT2D eigenvalue weighted by atomic mass is 15.0. The molecule has 0 aliphatic heterocycles. The van der Waals surface area contributed by atoms with E-state index in [2.05, 4.69) is 89.3 Å². The first-order valence-electron chi connectivity index (χ1n) is 9.54. The molecule has 0 saturated carbocycles. The molecule has 0 atom stereocenters. The van der Waals surface area contributed by atoms with E-state index >= 15 is 0 Å². The van der Waals surface area contributed by atoms with Crippen LogP contribution >= 0.6 is 0 Å². The summed E-state index contributed by atoms with van der Waals surface area (Å²) in [6, 6.07) is 28.3. The van der Waals surface area contributed by atoms with Crippen LogP contribution in [-0.2, 0) is 7.05 Å². The molecule has 2 heteroatoms. The molecule has 4 aromatic carbocycles. The van der Waals surface area contributed by atoms with Crippen LogP contribution < -0.4 is 4.57 Å². The number of aromatic nitrogens is 2. The topological polar surface area (TPSA) is 16.8 Å². The Morgan fingerprint density at radius 3 is 2.29 bits per heavy atom. The molecular weight excluding hydrogens is 340 g/mol. The molecule has 0 unspecified atom stereocenters. The smallest absolute Gasteiger partial charge is 0.233 e. The molecule has 0 aliphatic rings. The van der Waals surface area contributed by atoms with E-state index in [0.29, 0.717) is 0 Å². The number of aryl methyl sites for hydroxylation is 2. The highest BCUT2D eigenvalue weighted by Gasteiger charge is 2.15. The number of hydrogen-bond donors (Lipinski definition) is 0. The highest BCUT2D eigenvalue weighted by molar-refractivity contribution is 6.08. The zero-order chi connectivity index (χ0) is 19.1. The van der Waals surface area contributed by atoms with Crippen LogP contribution in [0.25, 0.3) is 44.1 Å². The van der Waals surface area contributed by atoms with Crippen LogP contribution in [0.4, 0.5) is 0 Å². The van der Waals surface area contributed by atoms with Gasteiger partial charge in [0.1, 0.15) is 6.20 Å². The second-order valence-corrected chi connectivity index (χ2v) is 7.31. The molecule has 1 heterocycles. The van der Waals surface area contributed by atoms with Gasteiger partial charge in [0.05, 0.1) is 18.8 Å². The average Bonchev–Trinajstić information content (AvgIpc) is 2.74. The Balaban J connectivity index is 1.71. The molecule has 0 radical (unpaired) electrons. The van der Waals surface area contributed by atoms with E-state index < -0.39 is 0 Å². The third-order valence-corrected chi connectivity index (χ3v) is 5.49. The van der Waals surface area contributed by atoms with Gasteiger partial charge in [0.15, 0.2) is 0 Å². The van der Waals surface area contributed by atoms with E-state index in [9.17, 15) is 0 Å². The average molecular weight is 361 g/mol. The quantitative estimate of drug-likeness (QED) is 0.284. The number of hydrogen-bond acceptors (Lipinski definition) is 1. The predicted octanol–water partition coefficient (Wildman–Crippen LogP) is 5.85. The fourth-order valence-corrected chi connectivity index (χ4v) is 3.93.